The van der Waals surface area contributed by atoms with E-state index in [4.69, 9.17) is 0 Å². The maximum atomic E-state index is 2.94. The first-order valence-corrected chi connectivity index (χ1v) is 9.22. The monoisotopic (exact) mass is 281 g/mol. The zero-order valence-corrected chi connectivity index (χ0v) is 13.2. The molecule has 1 heterocycles. The van der Waals surface area contributed by atoms with Gasteiger partial charge in [0.15, 0.2) is 0 Å². The molecule has 2 unspecified atom stereocenters. The molecular formula is C20H27N. The van der Waals surface area contributed by atoms with Crippen molar-refractivity contribution in [2.24, 2.45) is 11.8 Å². The number of aryl methyl sites for hydroxylation is 1. The second-order valence-corrected chi connectivity index (χ2v) is 8.06. The van der Waals surface area contributed by atoms with Gasteiger partial charge in [0.1, 0.15) is 0 Å². The Morgan fingerprint density at radius 3 is 2.62 bits per heavy atom. The highest BCUT2D eigenvalue weighted by molar-refractivity contribution is 5.66. The van der Waals surface area contributed by atoms with E-state index in [2.05, 4.69) is 30.0 Å². The van der Waals surface area contributed by atoms with Crippen molar-refractivity contribution in [3.63, 3.8) is 0 Å². The van der Waals surface area contributed by atoms with Gasteiger partial charge in [0.05, 0.1) is 0 Å². The Balaban J connectivity index is 1.62. The normalized spacial score (nSPS) is 37.9. The second kappa shape index (κ2) is 4.51. The first-order chi connectivity index (χ1) is 10.3. The van der Waals surface area contributed by atoms with Crippen LogP contribution in [0, 0.1) is 18.8 Å². The second-order valence-electron chi connectivity index (χ2n) is 8.06. The molecule has 1 heteroatoms. The molecule has 0 amide bonds. The molecule has 1 aromatic carbocycles. The van der Waals surface area contributed by atoms with E-state index in [-0.39, 0.29) is 0 Å². The van der Waals surface area contributed by atoms with Crippen molar-refractivity contribution in [2.75, 3.05) is 4.90 Å². The predicted molar refractivity (Wildman–Crippen MR) is 87.9 cm³/mol. The van der Waals surface area contributed by atoms with E-state index in [1.54, 1.807) is 16.8 Å². The highest BCUT2D eigenvalue weighted by Crippen LogP contribution is 2.62. The van der Waals surface area contributed by atoms with Crippen LogP contribution in [0.1, 0.15) is 68.4 Å². The van der Waals surface area contributed by atoms with Gasteiger partial charge in [0.2, 0.25) is 0 Å². The Bertz CT molecular complexity index is 557. The van der Waals surface area contributed by atoms with Gasteiger partial charge in [-0.25, -0.2) is 0 Å². The first-order valence-electron chi connectivity index (χ1n) is 9.22. The van der Waals surface area contributed by atoms with Gasteiger partial charge in [-0.3, -0.25) is 0 Å². The molecule has 5 rings (SSSR count). The van der Waals surface area contributed by atoms with Crippen LogP contribution in [-0.2, 0) is 0 Å². The molecule has 112 valence electrons. The van der Waals surface area contributed by atoms with E-state index < -0.39 is 0 Å². The number of benzene rings is 1. The van der Waals surface area contributed by atoms with Crippen LogP contribution >= 0.6 is 0 Å². The maximum Gasteiger partial charge on any atom is 0.0410 e. The van der Waals surface area contributed by atoms with Crippen molar-refractivity contribution >= 4 is 5.69 Å². The van der Waals surface area contributed by atoms with Gasteiger partial charge in [-0.2, -0.15) is 0 Å². The average molecular weight is 281 g/mol. The van der Waals surface area contributed by atoms with Crippen molar-refractivity contribution < 1.29 is 0 Å². The molecule has 0 radical (unpaired) electrons. The number of anilines is 1. The van der Waals surface area contributed by atoms with Gasteiger partial charge in [-0.05, 0) is 68.1 Å². The number of hydrogen-bond donors (Lipinski definition) is 0. The van der Waals surface area contributed by atoms with E-state index in [9.17, 15) is 0 Å². The molecule has 4 atom stereocenters. The lowest BCUT2D eigenvalue weighted by atomic mass is 9.80. The molecule has 1 aliphatic heterocycles. The van der Waals surface area contributed by atoms with Gasteiger partial charge >= 0.3 is 0 Å². The molecule has 4 aliphatic rings. The van der Waals surface area contributed by atoms with E-state index >= 15 is 0 Å². The van der Waals surface area contributed by atoms with Crippen LogP contribution in [-0.4, -0.2) is 12.1 Å². The number of rotatable bonds is 1. The van der Waals surface area contributed by atoms with Crippen molar-refractivity contribution in [3.8, 4) is 0 Å². The topological polar surface area (TPSA) is 3.24 Å². The van der Waals surface area contributed by atoms with Crippen molar-refractivity contribution in [3.05, 3.63) is 29.3 Å². The third-order valence-corrected chi connectivity index (χ3v) is 7.07. The third-order valence-electron chi connectivity index (χ3n) is 7.07. The molecule has 0 N–H and O–H groups in total. The minimum atomic E-state index is 0.841. The molecule has 3 aliphatic carbocycles. The number of nitrogens with zero attached hydrogens (tertiary/aromatic N) is 1. The zero-order chi connectivity index (χ0) is 14.0. The quantitative estimate of drug-likeness (QED) is 0.698. The van der Waals surface area contributed by atoms with Crippen LogP contribution in [0.2, 0.25) is 0 Å². The fourth-order valence-electron chi connectivity index (χ4n) is 6.35. The van der Waals surface area contributed by atoms with Crippen LogP contribution in [0.25, 0.3) is 0 Å². The highest BCUT2D eigenvalue weighted by Gasteiger charge is 2.56. The summed E-state index contributed by atoms with van der Waals surface area (Å²) in [6.45, 7) is 2.35. The Morgan fingerprint density at radius 1 is 0.952 bits per heavy atom. The molecule has 1 nitrogen and oxygen atoms in total. The fraction of sp³-hybridized carbons (Fsp3) is 0.700. The summed E-state index contributed by atoms with van der Waals surface area (Å²) < 4.78 is 0. The van der Waals surface area contributed by atoms with E-state index in [0.717, 1.165) is 29.8 Å². The van der Waals surface area contributed by atoms with Crippen LogP contribution < -0.4 is 4.90 Å². The van der Waals surface area contributed by atoms with Crippen molar-refractivity contribution in [1.29, 1.82) is 0 Å². The summed E-state index contributed by atoms with van der Waals surface area (Å²) in [7, 11) is 0. The summed E-state index contributed by atoms with van der Waals surface area (Å²) in [6.07, 6.45) is 11.8. The van der Waals surface area contributed by atoms with Crippen molar-refractivity contribution in [2.45, 2.75) is 76.3 Å². The molecule has 0 saturated heterocycles. The van der Waals surface area contributed by atoms with Gasteiger partial charge in [-0.15, -0.1) is 0 Å². The summed E-state index contributed by atoms with van der Waals surface area (Å²) >= 11 is 0. The minimum Gasteiger partial charge on any atom is -0.364 e. The lowest BCUT2D eigenvalue weighted by molar-refractivity contribution is 0.318. The Labute approximate surface area is 128 Å². The lowest BCUT2D eigenvalue weighted by Crippen LogP contribution is -2.45. The van der Waals surface area contributed by atoms with E-state index in [1.807, 2.05) is 0 Å². The fourth-order valence-corrected chi connectivity index (χ4v) is 6.35. The molecule has 0 aromatic heterocycles. The van der Waals surface area contributed by atoms with Crippen LogP contribution in [0.5, 0.6) is 0 Å². The number of fused-ring (bicyclic) bond motifs is 7. The summed E-state index contributed by atoms with van der Waals surface area (Å²) in [5.74, 6) is 2.86. The minimum absolute atomic E-state index is 0.841. The molecular weight excluding hydrogens is 254 g/mol. The van der Waals surface area contributed by atoms with Gasteiger partial charge in [-0.1, -0.05) is 31.4 Å². The summed E-state index contributed by atoms with van der Waals surface area (Å²) in [5, 5.41) is 0. The van der Waals surface area contributed by atoms with Crippen LogP contribution in [0.4, 0.5) is 5.69 Å². The molecule has 21 heavy (non-hydrogen) atoms. The summed E-state index contributed by atoms with van der Waals surface area (Å²) in [5.41, 5.74) is 4.95. The SMILES string of the molecule is Cc1cccc2c1[C@H]1C3CCC(C3)[C@H]1N2C1CCCCC1. The predicted octanol–water partition coefficient (Wildman–Crippen LogP) is 5.03. The average Bonchev–Trinajstić information content (AvgIpc) is 3.19. The smallest absolute Gasteiger partial charge is 0.0410 e. The van der Waals surface area contributed by atoms with Crippen LogP contribution in [0.15, 0.2) is 18.2 Å². The molecule has 2 bridgehead atoms. The first kappa shape index (κ1) is 12.6. The number of hydrogen-bond acceptors (Lipinski definition) is 1. The standard InChI is InChI=1S/C20H27N/c1-13-6-5-9-17-18(13)19-14-10-11-15(12-14)20(19)21(17)16-7-3-2-4-8-16/h5-6,9,14-16,19-20H,2-4,7-8,10-12H2,1H3/t14?,15?,19-,20-/m1/s1. The molecule has 1 aromatic rings. The van der Waals surface area contributed by atoms with Gasteiger partial charge < -0.3 is 4.90 Å². The molecule has 0 spiro atoms. The van der Waals surface area contributed by atoms with Crippen LogP contribution in [0.3, 0.4) is 0 Å². The molecule has 3 saturated carbocycles. The van der Waals surface area contributed by atoms with Gasteiger partial charge in [0.25, 0.3) is 0 Å². The van der Waals surface area contributed by atoms with Crippen molar-refractivity contribution in [1.82, 2.24) is 0 Å². The van der Waals surface area contributed by atoms with E-state index in [1.165, 1.54) is 51.4 Å². The summed E-state index contributed by atoms with van der Waals surface area (Å²) in [4.78, 5) is 2.94. The Morgan fingerprint density at radius 2 is 1.76 bits per heavy atom. The summed E-state index contributed by atoms with van der Waals surface area (Å²) in [6, 6.07) is 8.80. The highest BCUT2D eigenvalue weighted by atomic mass is 15.2. The zero-order valence-electron chi connectivity index (χ0n) is 13.2. The third kappa shape index (κ3) is 1.64. The largest absolute Gasteiger partial charge is 0.364 e. The Hall–Kier alpha value is -0.980. The molecule has 3 fully saturated rings. The lowest BCUT2D eigenvalue weighted by Gasteiger charge is -2.41. The van der Waals surface area contributed by atoms with E-state index in [0.29, 0.717) is 0 Å². The van der Waals surface area contributed by atoms with Gasteiger partial charge in [0, 0.05) is 23.7 Å². The Kier molecular flexibility index (Phi) is 2.69. The maximum absolute atomic E-state index is 2.94.